The molecular weight excluding hydrogens is 438 g/mol. The summed E-state index contributed by atoms with van der Waals surface area (Å²) in [4.78, 5) is 16.1. The SMILES string of the molecule is Cc1nn(C)cc1-c1ccc(OC2C[C@@H]3CN(C(=O)C45CC(C)CC(CC(C)C4)C5)C[C@@H]3C2)nn1. The lowest BCUT2D eigenvalue weighted by molar-refractivity contribution is -0.150. The molecule has 5 atom stereocenters. The van der Waals surface area contributed by atoms with Gasteiger partial charge >= 0.3 is 0 Å². The fourth-order valence-corrected chi connectivity index (χ4v) is 8.36. The van der Waals surface area contributed by atoms with Gasteiger partial charge in [-0.05, 0) is 87.5 Å². The summed E-state index contributed by atoms with van der Waals surface area (Å²) in [5, 5.41) is 13.1. The first-order valence-electron chi connectivity index (χ1n) is 13.6. The molecule has 1 saturated heterocycles. The van der Waals surface area contributed by atoms with Gasteiger partial charge in [-0.1, -0.05) is 13.8 Å². The molecule has 0 aromatic carbocycles. The van der Waals surface area contributed by atoms with E-state index in [9.17, 15) is 4.79 Å². The predicted molar refractivity (Wildman–Crippen MR) is 134 cm³/mol. The van der Waals surface area contributed by atoms with Crippen LogP contribution in [0.15, 0.2) is 18.3 Å². The van der Waals surface area contributed by atoms with Gasteiger partial charge in [-0.3, -0.25) is 9.48 Å². The summed E-state index contributed by atoms with van der Waals surface area (Å²) >= 11 is 0. The van der Waals surface area contributed by atoms with Crippen LogP contribution in [0.25, 0.3) is 11.3 Å². The van der Waals surface area contributed by atoms with Crippen LogP contribution in [0.5, 0.6) is 5.88 Å². The summed E-state index contributed by atoms with van der Waals surface area (Å²) in [6, 6.07) is 3.88. The molecule has 1 aliphatic heterocycles. The minimum absolute atomic E-state index is 0.0848. The topological polar surface area (TPSA) is 73.1 Å². The van der Waals surface area contributed by atoms with E-state index >= 15 is 0 Å². The molecule has 2 aromatic rings. The molecule has 35 heavy (non-hydrogen) atoms. The number of carbonyl (C=O) groups is 1. The lowest BCUT2D eigenvalue weighted by atomic mass is 9.56. The highest BCUT2D eigenvalue weighted by atomic mass is 16.5. The second-order valence-electron chi connectivity index (χ2n) is 12.4. The molecule has 4 aliphatic rings. The Labute approximate surface area is 208 Å². The molecule has 3 unspecified atom stereocenters. The Morgan fingerprint density at radius 3 is 2.26 bits per heavy atom. The van der Waals surface area contributed by atoms with E-state index in [1.165, 1.54) is 12.8 Å². The van der Waals surface area contributed by atoms with Crippen LogP contribution in [0, 0.1) is 41.9 Å². The molecule has 6 rings (SSSR count). The third kappa shape index (κ3) is 4.25. The number of likely N-dealkylation sites (tertiary alicyclic amines) is 1. The Hall–Kier alpha value is -2.44. The number of carbonyl (C=O) groups excluding carboxylic acids is 1. The Balaban J connectivity index is 1.07. The van der Waals surface area contributed by atoms with Crippen molar-refractivity contribution in [3.8, 4) is 17.1 Å². The number of amides is 1. The highest BCUT2D eigenvalue weighted by molar-refractivity contribution is 5.83. The summed E-state index contributed by atoms with van der Waals surface area (Å²) < 4.78 is 8.04. The van der Waals surface area contributed by atoms with E-state index < -0.39 is 0 Å². The second kappa shape index (κ2) is 8.59. The summed E-state index contributed by atoms with van der Waals surface area (Å²) in [5.74, 6) is 4.26. The molecule has 1 amide bonds. The smallest absolute Gasteiger partial charge is 0.233 e. The largest absolute Gasteiger partial charge is 0.473 e. The van der Waals surface area contributed by atoms with Crippen molar-refractivity contribution in [3.05, 3.63) is 24.0 Å². The number of hydrogen-bond donors (Lipinski definition) is 0. The summed E-state index contributed by atoms with van der Waals surface area (Å²) in [7, 11) is 1.91. The maximum Gasteiger partial charge on any atom is 0.233 e. The molecule has 3 aliphatic carbocycles. The molecule has 188 valence electrons. The summed E-state index contributed by atoms with van der Waals surface area (Å²) in [6.07, 6.45) is 10.1. The van der Waals surface area contributed by atoms with Gasteiger partial charge in [-0.25, -0.2) is 0 Å². The average Bonchev–Trinajstić information content (AvgIpc) is 3.45. The van der Waals surface area contributed by atoms with Crippen LogP contribution in [-0.4, -0.2) is 50.0 Å². The van der Waals surface area contributed by atoms with Crippen LogP contribution in [0.4, 0.5) is 0 Å². The third-order valence-corrected chi connectivity index (χ3v) is 9.29. The first-order chi connectivity index (χ1) is 16.8. The lowest BCUT2D eigenvalue weighted by Crippen LogP contribution is -2.50. The Morgan fingerprint density at radius 2 is 1.69 bits per heavy atom. The van der Waals surface area contributed by atoms with Crippen LogP contribution in [0.3, 0.4) is 0 Å². The zero-order valence-corrected chi connectivity index (χ0v) is 21.6. The molecule has 7 nitrogen and oxygen atoms in total. The molecule has 0 radical (unpaired) electrons. The molecule has 3 saturated carbocycles. The number of fused-ring (bicyclic) bond motifs is 3. The van der Waals surface area contributed by atoms with Crippen molar-refractivity contribution in [2.75, 3.05) is 13.1 Å². The fraction of sp³-hybridized carbons (Fsp3) is 0.714. The third-order valence-electron chi connectivity index (χ3n) is 9.29. The quantitative estimate of drug-likeness (QED) is 0.641. The van der Waals surface area contributed by atoms with Crippen LogP contribution in [0.2, 0.25) is 0 Å². The van der Waals surface area contributed by atoms with Gasteiger partial charge in [-0.15, -0.1) is 10.2 Å². The number of hydrogen-bond acceptors (Lipinski definition) is 5. The van der Waals surface area contributed by atoms with E-state index in [1.807, 2.05) is 32.3 Å². The Bertz CT molecular complexity index is 1060. The van der Waals surface area contributed by atoms with Crippen molar-refractivity contribution >= 4 is 5.91 Å². The van der Waals surface area contributed by atoms with Crippen LogP contribution >= 0.6 is 0 Å². The number of rotatable bonds is 4. The highest BCUT2D eigenvalue weighted by Gasteiger charge is 2.53. The fourth-order valence-electron chi connectivity index (χ4n) is 8.36. The molecule has 0 spiro atoms. The van der Waals surface area contributed by atoms with Crippen molar-refractivity contribution in [1.82, 2.24) is 24.9 Å². The van der Waals surface area contributed by atoms with Gasteiger partial charge in [0.15, 0.2) is 0 Å². The minimum Gasteiger partial charge on any atom is -0.473 e. The standard InChI is InChI=1S/C28H39N5O2/c1-17-7-20-8-18(2)12-28(11-17,13-20)27(34)33-14-21-9-23(10-22(21)15-33)35-26-6-5-25(29-30-26)24-16-32(4)31-19(24)3/h5-6,16-18,20-23H,7-15H2,1-4H3/t17?,18?,20?,21-,22+,23?,28?. The molecule has 4 fully saturated rings. The van der Waals surface area contributed by atoms with Gasteiger partial charge in [0.2, 0.25) is 11.8 Å². The normalized spacial score (nSPS) is 36.3. The minimum atomic E-state index is -0.0848. The summed E-state index contributed by atoms with van der Waals surface area (Å²) in [6.45, 7) is 8.51. The number of ether oxygens (including phenoxy) is 1. The van der Waals surface area contributed by atoms with E-state index in [0.29, 0.717) is 35.5 Å². The molecule has 7 heteroatoms. The number of nitrogens with zero attached hydrogens (tertiary/aromatic N) is 5. The Kier molecular flexibility index (Phi) is 5.65. The van der Waals surface area contributed by atoms with Gasteiger partial charge in [0, 0.05) is 38.0 Å². The van der Waals surface area contributed by atoms with Crippen LogP contribution in [0.1, 0.15) is 64.5 Å². The van der Waals surface area contributed by atoms with E-state index in [1.54, 1.807) is 4.68 Å². The molecule has 0 N–H and O–H groups in total. The van der Waals surface area contributed by atoms with Crippen LogP contribution < -0.4 is 4.74 Å². The van der Waals surface area contributed by atoms with Crippen molar-refractivity contribution < 1.29 is 9.53 Å². The zero-order chi connectivity index (χ0) is 24.3. The van der Waals surface area contributed by atoms with E-state index in [-0.39, 0.29) is 11.5 Å². The molecular formula is C28H39N5O2. The Morgan fingerprint density at radius 1 is 1.00 bits per heavy atom. The summed E-state index contributed by atoms with van der Waals surface area (Å²) in [5.41, 5.74) is 2.67. The highest BCUT2D eigenvalue weighted by Crippen LogP contribution is 2.54. The molecule has 3 heterocycles. The van der Waals surface area contributed by atoms with Crippen molar-refractivity contribution in [3.63, 3.8) is 0 Å². The zero-order valence-electron chi connectivity index (χ0n) is 21.6. The monoisotopic (exact) mass is 477 g/mol. The number of aryl methyl sites for hydroxylation is 2. The first kappa shape index (κ1) is 23.0. The average molecular weight is 478 g/mol. The van der Waals surface area contributed by atoms with Crippen LogP contribution in [-0.2, 0) is 11.8 Å². The van der Waals surface area contributed by atoms with Gasteiger partial charge in [0.25, 0.3) is 0 Å². The lowest BCUT2D eigenvalue weighted by Gasteiger charge is -2.50. The van der Waals surface area contributed by atoms with E-state index in [0.717, 1.165) is 68.1 Å². The van der Waals surface area contributed by atoms with Crippen molar-refractivity contribution in [2.45, 2.75) is 71.8 Å². The van der Waals surface area contributed by atoms with Gasteiger partial charge in [0.05, 0.1) is 16.8 Å². The maximum absolute atomic E-state index is 13.9. The van der Waals surface area contributed by atoms with Gasteiger partial charge < -0.3 is 9.64 Å². The predicted octanol–water partition coefficient (Wildman–Crippen LogP) is 4.65. The molecule has 2 bridgehead atoms. The number of aromatic nitrogens is 4. The van der Waals surface area contributed by atoms with Crippen molar-refractivity contribution in [2.24, 2.45) is 42.1 Å². The maximum atomic E-state index is 13.9. The first-order valence-corrected chi connectivity index (χ1v) is 13.6. The van der Waals surface area contributed by atoms with Gasteiger partial charge in [-0.2, -0.15) is 5.10 Å². The van der Waals surface area contributed by atoms with Crippen molar-refractivity contribution in [1.29, 1.82) is 0 Å². The molecule has 2 aromatic heterocycles. The second-order valence-corrected chi connectivity index (χ2v) is 12.4. The van der Waals surface area contributed by atoms with E-state index in [4.69, 9.17) is 4.74 Å². The van der Waals surface area contributed by atoms with Gasteiger partial charge in [0.1, 0.15) is 6.10 Å². The van der Waals surface area contributed by atoms with E-state index in [2.05, 4.69) is 34.0 Å².